The van der Waals surface area contributed by atoms with Gasteiger partial charge < -0.3 is 9.88 Å². The molecular formula is C14H13BrN4. The van der Waals surface area contributed by atoms with Crippen molar-refractivity contribution in [1.82, 2.24) is 14.5 Å². The average Bonchev–Trinajstić information content (AvgIpc) is 2.79. The first-order valence-electron chi connectivity index (χ1n) is 5.98. The molecule has 3 aromatic rings. The lowest BCUT2D eigenvalue weighted by atomic mass is 10.2. The Balaban J connectivity index is 1.86. The summed E-state index contributed by atoms with van der Waals surface area (Å²) in [7, 11) is 1.98. The van der Waals surface area contributed by atoms with Crippen molar-refractivity contribution in [3.05, 3.63) is 52.9 Å². The van der Waals surface area contributed by atoms with Gasteiger partial charge in [-0.05, 0) is 23.8 Å². The molecular weight excluding hydrogens is 304 g/mol. The Bertz CT molecular complexity index is 720. The summed E-state index contributed by atoms with van der Waals surface area (Å²) in [6.45, 7) is 0.724. The third-order valence-electron chi connectivity index (χ3n) is 2.99. The molecule has 0 aliphatic heterocycles. The fraction of sp³-hybridized carbons (Fsp3) is 0.143. The molecule has 4 nitrogen and oxygen atoms in total. The highest BCUT2D eigenvalue weighted by Crippen LogP contribution is 2.19. The highest BCUT2D eigenvalue weighted by molar-refractivity contribution is 9.10. The maximum absolute atomic E-state index is 4.38. The molecule has 0 saturated carbocycles. The summed E-state index contributed by atoms with van der Waals surface area (Å²) in [6, 6.07) is 10.2. The first-order valence-corrected chi connectivity index (χ1v) is 6.78. The summed E-state index contributed by atoms with van der Waals surface area (Å²) in [6.07, 6.45) is 3.60. The number of hydrogen-bond donors (Lipinski definition) is 1. The zero-order valence-electron chi connectivity index (χ0n) is 10.5. The number of benzene rings is 1. The molecule has 3 rings (SSSR count). The molecule has 0 aliphatic rings. The first-order chi connectivity index (χ1) is 9.24. The first kappa shape index (κ1) is 12.2. The third-order valence-corrected chi connectivity index (χ3v) is 3.49. The van der Waals surface area contributed by atoms with E-state index in [-0.39, 0.29) is 0 Å². The Morgan fingerprint density at radius 3 is 3.00 bits per heavy atom. The van der Waals surface area contributed by atoms with E-state index in [1.54, 1.807) is 12.5 Å². The fourth-order valence-corrected chi connectivity index (χ4v) is 2.47. The monoisotopic (exact) mass is 316 g/mol. The van der Waals surface area contributed by atoms with Gasteiger partial charge >= 0.3 is 0 Å². The van der Waals surface area contributed by atoms with Crippen LogP contribution in [0.4, 0.5) is 5.82 Å². The second-order valence-corrected chi connectivity index (χ2v) is 5.28. The Morgan fingerprint density at radius 2 is 2.16 bits per heavy atom. The van der Waals surface area contributed by atoms with Gasteiger partial charge in [-0.2, -0.15) is 0 Å². The maximum atomic E-state index is 4.38. The SMILES string of the molecule is Cn1cnc2c(NCc3cccc(Br)c3)nccc21. The normalized spacial score (nSPS) is 10.8. The second-order valence-electron chi connectivity index (χ2n) is 4.37. The van der Waals surface area contributed by atoms with E-state index in [0.29, 0.717) is 0 Å². The Morgan fingerprint density at radius 1 is 1.26 bits per heavy atom. The molecule has 0 saturated heterocycles. The van der Waals surface area contributed by atoms with E-state index in [1.165, 1.54) is 5.56 Å². The minimum absolute atomic E-state index is 0.724. The Hall–Kier alpha value is -1.88. The number of fused-ring (bicyclic) bond motifs is 1. The molecule has 5 heteroatoms. The van der Waals surface area contributed by atoms with Crippen LogP contribution >= 0.6 is 15.9 Å². The van der Waals surface area contributed by atoms with Crippen LogP contribution in [-0.2, 0) is 13.6 Å². The number of rotatable bonds is 3. The lowest BCUT2D eigenvalue weighted by Gasteiger charge is -2.06. The minimum atomic E-state index is 0.724. The van der Waals surface area contributed by atoms with Crippen molar-refractivity contribution in [3.8, 4) is 0 Å². The summed E-state index contributed by atoms with van der Waals surface area (Å²) in [5, 5.41) is 3.34. The van der Waals surface area contributed by atoms with Gasteiger partial charge in [0.2, 0.25) is 0 Å². The Labute approximate surface area is 119 Å². The number of pyridine rings is 1. The van der Waals surface area contributed by atoms with E-state index in [9.17, 15) is 0 Å². The van der Waals surface area contributed by atoms with E-state index >= 15 is 0 Å². The van der Waals surface area contributed by atoms with Crippen molar-refractivity contribution in [2.75, 3.05) is 5.32 Å². The summed E-state index contributed by atoms with van der Waals surface area (Å²) in [5.74, 6) is 0.818. The molecule has 96 valence electrons. The second kappa shape index (κ2) is 5.01. The lowest BCUT2D eigenvalue weighted by molar-refractivity contribution is 0.947. The van der Waals surface area contributed by atoms with Crippen LogP contribution in [0, 0.1) is 0 Å². The predicted molar refractivity (Wildman–Crippen MR) is 80.0 cm³/mol. The van der Waals surface area contributed by atoms with Gasteiger partial charge in [-0.3, -0.25) is 0 Å². The summed E-state index contributed by atoms with van der Waals surface area (Å²) in [5.41, 5.74) is 3.18. The summed E-state index contributed by atoms with van der Waals surface area (Å²) >= 11 is 3.47. The third kappa shape index (κ3) is 2.46. The van der Waals surface area contributed by atoms with Crippen molar-refractivity contribution in [2.24, 2.45) is 7.05 Å². The van der Waals surface area contributed by atoms with Gasteiger partial charge in [-0.1, -0.05) is 28.1 Å². The zero-order valence-corrected chi connectivity index (χ0v) is 12.1. The van der Waals surface area contributed by atoms with Gasteiger partial charge in [0.15, 0.2) is 5.82 Å². The van der Waals surface area contributed by atoms with E-state index in [1.807, 2.05) is 29.8 Å². The standard InChI is InChI=1S/C14H13BrN4/c1-19-9-18-13-12(19)5-6-16-14(13)17-8-10-3-2-4-11(15)7-10/h2-7,9H,8H2,1H3,(H,16,17). The van der Waals surface area contributed by atoms with Crippen LogP contribution in [-0.4, -0.2) is 14.5 Å². The van der Waals surface area contributed by atoms with E-state index in [4.69, 9.17) is 0 Å². The number of halogens is 1. The number of nitrogens with zero attached hydrogens (tertiary/aromatic N) is 3. The van der Waals surface area contributed by atoms with Crippen LogP contribution in [0.1, 0.15) is 5.56 Å². The molecule has 0 bridgehead atoms. The molecule has 1 aromatic carbocycles. The molecule has 0 fully saturated rings. The number of imidazole rings is 1. The molecule has 0 amide bonds. The fourth-order valence-electron chi connectivity index (χ4n) is 2.02. The van der Waals surface area contributed by atoms with E-state index in [2.05, 4.69) is 43.3 Å². The van der Waals surface area contributed by atoms with Crippen molar-refractivity contribution in [3.63, 3.8) is 0 Å². The van der Waals surface area contributed by atoms with E-state index in [0.717, 1.165) is 27.9 Å². The topological polar surface area (TPSA) is 42.7 Å². The smallest absolute Gasteiger partial charge is 0.154 e. The molecule has 0 radical (unpaired) electrons. The summed E-state index contributed by atoms with van der Waals surface area (Å²) in [4.78, 5) is 8.74. The quantitative estimate of drug-likeness (QED) is 0.805. The van der Waals surface area contributed by atoms with Gasteiger partial charge in [0.25, 0.3) is 0 Å². The number of aryl methyl sites for hydroxylation is 1. The van der Waals surface area contributed by atoms with Gasteiger partial charge in [0.05, 0.1) is 11.8 Å². The zero-order chi connectivity index (χ0) is 13.2. The lowest BCUT2D eigenvalue weighted by Crippen LogP contribution is -2.02. The van der Waals surface area contributed by atoms with E-state index < -0.39 is 0 Å². The van der Waals surface area contributed by atoms with Crippen molar-refractivity contribution in [1.29, 1.82) is 0 Å². The minimum Gasteiger partial charge on any atom is -0.364 e. The summed E-state index contributed by atoms with van der Waals surface area (Å²) < 4.78 is 3.07. The van der Waals surface area contributed by atoms with Gasteiger partial charge in [0.1, 0.15) is 5.52 Å². The van der Waals surface area contributed by atoms with Gasteiger partial charge in [-0.15, -0.1) is 0 Å². The highest BCUT2D eigenvalue weighted by atomic mass is 79.9. The maximum Gasteiger partial charge on any atom is 0.154 e. The number of hydrogen-bond acceptors (Lipinski definition) is 3. The molecule has 2 heterocycles. The molecule has 0 atom stereocenters. The van der Waals surface area contributed by atoms with Crippen LogP contribution in [0.3, 0.4) is 0 Å². The van der Waals surface area contributed by atoms with Gasteiger partial charge in [0, 0.05) is 24.3 Å². The molecule has 1 N–H and O–H groups in total. The van der Waals surface area contributed by atoms with Crippen molar-refractivity contribution < 1.29 is 0 Å². The average molecular weight is 317 g/mol. The van der Waals surface area contributed by atoms with Crippen LogP contribution in [0.15, 0.2) is 47.3 Å². The molecule has 19 heavy (non-hydrogen) atoms. The van der Waals surface area contributed by atoms with Crippen LogP contribution in [0.5, 0.6) is 0 Å². The molecule has 0 unspecified atom stereocenters. The van der Waals surface area contributed by atoms with Crippen molar-refractivity contribution >= 4 is 32.8 Å². The molecule has 2 aromatic heterocycles. The van der Waals surface area contributed by atoms with Gasteiger partial charge in [-0.25, -0.2) is 9.97 Å². The highest BCUT2D eigenvalue weighted by Gasteiger charge is 2.06. The molecule has 0 spiro atoms. The number of nitrogens with one attached hydrogen (secondary N) is 1. The predicted octanol–water partition coefficient (Wildman–Crippen LogP) is 3.34. The van der Waals surface area contributed by atoms with Crippen molar-refractivity contribution in [2.45, 2.75) is 6.54 Å². The van der Waals surface area contributed by atoms with Crippen LogP contribution in [0.25, 0.3) is 11.0 Å². The van der Waals surface area contributed by atoms with Crippen LogP contribution in [0.2, 0.25) is 0 Å². The number of anilines is 1. The largest absolute Gasteiger partial charge is 0.364 e. The van der Waals surface area contributed by atoms with Crippen LogP contribution < -0.4 is 5.32 Å². The molecule has 0 aliphatic carbocycles. The number of aromatic nitrogens is 3. The Kier molecular flexibility index (Phi) is 3.21.